The van der Waals surface area contributed by atoms with Crippen LogP contribution in [-0.2, 0) is 11.3 Å². The van der Waals surface area contributed by atoms with Crippen LogP contribution in [0.4, 0.5) is 0 Å². The zero-order valence-corrected chi connectivity index (χ0v) is 14.1. The number of hydrogen-bond donors (Lipinski definition) is 0. The third-order valence-electron chi connectivity index (χ3n) is 3.64. The maximum absolute atomic E-state index is 5.90. The molecule has 24 heavy (non-hydrogen) atoms. The summed E-state index contributed by atoms with van der Waals surface area (Å²) in [6, 6.07) is 26.0. The van der Waals surface area contributed by atoms with E-state index in [-0.39, 0.29) is 0 Å². The van der Waals surface area contributed by atoms with Crippen molar-refractivity contribution in [3.8, 4) is 16.9 Å². The SMILES string of the molecule is Clc1ccc(COCCOc2ccccc2-c2ccccc2)cc1. The maximum atomic E-state index is 5.90. The number of benzene rings is 3. The van der Waals surface area contributed by atoms with E-state index in [0.717, 1.165) is 27.5 Å². The Morgan fingerprint density at radius 3 is 2.21 bits per heavy atom. The minimum Gasteiger partial charge on any atom is -0.491 e. The van der Waals surface area contributed by atoms with E-state index in [4.69, 9.17) is 21.1 Å². The average Bonchev–Trinajstić information content (AvgIpc) is 2.64. The lowest BCUT2D eigenvalue weighted by molar-refractivity contribution is 0.0891. The first kappa shape index (κ1) is 16.6. The van der Waals surface area contributed by atoms with Crippen molar-refractivity contribution in [3.63, 3.8) is 0 Å². The largest absolute Gasteiger partial charge is 0.491 e. The van der Waals surface area contributed by atoms with Gasteiger partial charge in [0.15, 0.2) is 0 Å². The standard InChI is InChI=1S/C21H19ClO2/c22-19-12-10-17(11-13-19)16-23-14-15-24-21-9-5-4-8-20(21)18-6-2-1-3-7-18/h1-13H,14-16H2. The molecule has 0 bridgehead atoms. The number of hydrogen-bond acceptors (Lipinski definition) is 2. The summed E-state index contributed by atoms with van der Waals surface area (Å²) in [7, 11) is 0. The van der Waals surface area contributed by atoms with Crippen molar-refractivity contribution in [1.29, 1.82) is 0 Å². The molecule has 0 unspecified atom stereocenters. The molecule has 0 saturated carbocycles. The highest BCUT2D eigenvalue weighted by Gasteiger charge is 2.05. The molecule has 122 valence electrons. The van der Waals surface area contributed by atoms with Gasteiger partial charge < -0.3 is 9.47 Å². The van der Waals surface area contributed by atoms with Gasteiger partial charge in [-0.15, -0.1) is 0 Å². The Labute approximate surface area is 147 Å². The topological polar surface area (TPSA) is 18.5 Å². The second-order valence-electron chi connectivity index (χ2n) is 5.39. The van der Waals surface area contributed by atoms with Crippen molar-refractivity contribution in [1.82, 2.24) is 0 Å². The molecule has 0 heterocycles. The molecule has 0 fully saturated rings. The van der Waals surface area contributed by atoms with E-state index in [1.165, 1.54) is 0 Å². The van der Waals surface area contributed by atoms with Crippen LogP contribution in [0, 0.1) is 0 Å². The lowest BCUT2D eigenvalue weighted by Gasteiger charge is -2.12. The zero-order valence-electron chi connectivity index (χ0n) is 13.3. The summed E-state index contributed by atoms with van der Waals surface area (Å²) in [5, 5.41) is 0.736. The molecular weight excluding hydrogens is 320 g/mol. The van der Waals surface area contributed by atoms with Gasteiger partial charge in [-0.2, -0.15) is 0 Å². The summed E-state index contributed by atoms with van der Waals surface area (Å²) in [6.45, 7) is 1.60. The van der Waals surface area contributed by atoms with E-state index in [1.807, 2.05) is 60.7 Å². The predicted molar refractivity (Wildman–Crippen MR) is 98.5 cm³/mol. The van der Waals surface area contributed by atoms with Crippen molar-refractivity contribution >= 4 is 11.6 Å². The average molecular weight is 339 g/mol. The van der Waals surface area contributed by atoms with Gasteiger partial charge >= 0.3 is 0 Å². The van der Waals surface area contributed by atoms with Gasteiger partial charge in [-0.3, -0.25) is 0 Å². The van der Waals surface area contributed by atoms with Crippen LogP contribution in [0.1, 0.15) is 5.56 Å². The first-order valence-electron chi connectivity index (χ1n) is 7.92. The van der Waals surface area contributed by atoms with Crippen molar-refractivity contribution in [3.05, 3.63) is 89.4 Å². The van der Waals surface area contributed by atoms with E-state index in [1.54, 1.807) is 0 Å². The summed E-state index contributed by atoms with van der Waals surface area (Å²) >= 11 is 5.87. The van der Waals surface area contributed by atoms with Crippen molar-refractivity contribution in [2.24, 2.45) is 0 Å². The van der Waals surface area contributed by atoms with E-state index in [2.05, 4.69) is 18.2 Å². The Hall–Kier alpha value is -2.29. The number of para-hydroxylation sites is 1. The molecule has 0 spiro atoms. The van der Waals surface area contributed by atoms with Gasteiger partial charge in [-0.05, 0) is 29.3 Å². The minimum absolute atomic E-state index is 0.511. The first-order valence-corrected chi connectivity index (χ1v) is 8.30. The molecule has 0 saturated heterocycles. The van der Waals surface area contributed by atoms with Crippen LogP contribution < -0.4 is 4.74 Å². The van der Waals surface area contributed by atoms with Crippen LogP contribution in [0.15, 0.2) is 78.9 Å². The molecule has 0 aliphatic rings. The lowest BCUT2D eigenvalue weighted by atomic mass is 10.1. The van der Waals surface area contributed by atoms with Gasteiger partial charge in [0, 0.05) is 10.6 Å². The summed E-state index contributed by atoms with van der Waals surface area (Å²) in [5.41, 5.74) is 3.34. The minimum atomic E-state index is 0.511. The summed E-state index contributed by atoms with van der Waals surface area (Å²) in [4.78, 5) is 0. The van der Waals surface area contributed by atoms with Crippen LogP contribution >= 0.6 is 11.6 Å². The van der Waals surface area contributed by atoms with E-state index in [9.17, 15) is 0 Å². The summed E-state index contributed by atoms with van der Waals surface area (Å²) in [6.07, 6.45) is 0. The fraction of sp³-hybridized carbons (Fsp3) is 0.143. The van der Waals surface area contributed by atoms with Crippen LogP contribution in [0.5, 0.6) is 5.75 Å². The molecule has 2 nitrogen and oxygen atoms in total. The monoisotopic (exact) mass is 338 g/mol. The van der Waals surface area contributed by atoms with Crippen LogP contribution in [0.2, 0.25) is 5.02 Å². The molecule has 0 aliphatic heterocycles. The lowest BCUT2D eigenvalue weighted by Crippen LogP contribution is -2.07. The van der Waals surface area contributed by atoms with Gasteiger partial charge in [0.25, 0.3) is 0 Å². The molecule has 0 atom stereocenters. The third kappa shape index (κ3) is 4.60. The van der Waals surface area contributed by atoms with Crippen molar-refractivity contribution in [2.75, 3.05) is 13.2 Å². The normalized spacial score (nSPS) is 10.5. The molecule has 3 aromatic carbocycles. The molecular formula is C21H19ClO2. The van der Waals surface area contributed by atoms with Crippen LogP contribution in [-0.4, -0.2) is 13.2 Å². The Kier molecular flexibility index (Phi) is 5.89. The molecule has 0 N–H and O–H groups in total. The highest BCUT2D eigenvalue weighted by molar-refractivity contribution is 6.30. The van der Waals surface area contributed by atoms with Gasteiger partial charge in [0.05, 0.1) is 13.2 Å². The first-order chi connectivity index (χ1) is 11.8. The highest BCUT2D eigenvalue weighted by Crippen LogP contribution is 2.29. The Morgan fingerprint density at radius 1 is 0.708 bits per heavy atom. The molecule has 0 aliphatic carbocycles. The predicted octanol–water partition coefficient (Wildman–Crippen LogP) is 5.60. The Balaban J connectivity index is 1.51. The molecule has 3 rings (SSSR count). The van der Waals surface area contributed by atoms with Gasteiger partial charge in [-0.25, -0.2) is 0 Å². The third-order valence-corrected chi connectivity index (χ3v) is 3.89. The second kappa shape index (κ2) is 8.53. The number of rotatable bonds is 7. The number of ether oxygens (including phenoxy) is 2. The zero-order chi connectivity index (χ0) is 16.6. The van der Waals surface area contributed by atoms with Gasteiger partial charge in [0.1, 0.15) is 12.4 Å². The summed E-state index contributed by atoms with van der Waals surface area (Å²) in [5.74, 6) is 0.874. The van der Waals surface area contributed by atoms with Gasteiger partial charge in [0.2, 0.25) is 0 Å². The second-order valence-corrected chi connectivity index (χ2v) is 5.83. The fourth-order valence-electron chi connectivity index (χ4n) is 2.43. The smallest absolute Gasteiger partial charge is 0.127 e. The molecule has 3 aromatic rings. The maximum Gasteiger partial charge on any atom is 0.127 e. The molecule has 3 heteroatoms. The van der Waals surface area contributed by atoms with Gasteiger partial charge in [-0.1, -0.05) is 72.3 Å². The Bertz CT molecular complexity index is 754. The van der Waals surface area contributed by atoms with Crippen molar-refractivity contribution in [2.45, 2.75) is 6.61 Å². The highest BCUT2D eigenvalue weighted by atomic mass is 35.5. The van der Waals surface area contributed by atoms with E-state index < -0.39 is 0 Å². The van der Waals surface area contributed by atoms with Crippen LogP contribution in [0.25, 0.3) is 11.1 Å². The number of halogens is 1. The Morgan fingerprint density at radius 2 is 1.42 bits per heavy atom. The molecule has 0 radical (unpaired) electrons. The molecule has 0 aromatic heterocycles. The van der Waals surface area contributed by atoms with E-state index in [0.29, 0.717) is 19.8 Å². The van der Waals surface area contributed by atoms with Crippen molar-refractivity contribution < 1.29 is 9.47 Å². The van der Waals surface area contributed by atoms with E-state index >= 15 is 0 Å². The fourth-order valence-corrected chi connectivity index (χ4v) is 2.56. The van der Waals surface area contributed by atoms with Crippen LogP contribution in [0.3, 0.4) is 0 Å². The molecule has 0 amide bonds. The quantitative estimate of drug-likeness (QED) is 0.522. The summed E-state index contributed by atoms with van der Waals surface area (Å²) < 4.78 is 11.6.